The maximum Gasteiger partial charge on any atom is 0.231 e. The molecule has 176 valence electrons. The normalized spacial score (nSPS) is 32.0. The van der Waals surface area contributed by atoms with E-state index in [0.29, 0.717) is 25.9 Å². The number of halogens is 1. The van der Waals surface area contributed by atoms with Crippen LogP contribution in [0.15, 0.2) is 39.6 Å². The molecule has 3 fully saturated rings. The van der Waals surface area contributed by atoms with Crippen molar-refractivity contribution in [2.45, 2.75) is 70.1 Å². The second-order valence-electron chi connectivity index (χ2n) is 10.2. The minimum Gasteiger partial charge on any atom is -0.305 e. The Morgan fingerprint density at radius 3 is 2.66 bits per heavy atom. The zero-order chi connectivity index (χ0) is 23.3. The highest BCUT2D eigenvalue weighted by Gasteiger charge is 2.54. The maximum atomic E-state index is 13.4. The van der Waals surface area contributed by atoms with E-state index in [1.807, 2.05) is 24.0 Å². The first-order valence-electron chi connectivity index (χ1n) is 11.6. The van der Waals surface area contributed by atoms with Crippen molar-refractivity contribution in [3.05, 3.63) is 34.7 Å². The molecule has 0 N–H and O–H groups in total. The van der Waals surface area contributed by atoms with E-state index in [0.717, 1.165) is 42.0 Å². The molecule has 3 unspecified atom stereocenters. The summed E-state index contributed by atoms with van der Waals surface area (Å²) in [7, 11) is -3.19. The van der Waals surface area contributed by atoms with Gasteiger partial charge in [0.25, 0.3) is 0 Å². The van der Waals surface area contributed by atoms with Gasteiger partial charge in [-0.25, -0.2) is 12.7 Å². The zero-order valence-electron chi connectivity index (χ0n) is 19.3. The van der Waals surface area contributed by atoms with Gasteiger partial charge in [-0.05, 0) is 77.5 Å². The summed E-state index contributed by atoms with van der Waals surface area (Å²) in [5, 5.41) is 0.629. The van der Waals surface area contributed by atoms with E-state index in [4.69, 9.17) is 11.6 Å². The minimum absolute atomic E-state index is 0.0796. The first-order chi connectivity index (χ1) is 15.1. The van der Waals surface area contributed by atoms with E-state index in [9.17, 15) is 13.2 Å². The number of carbonyl (C=O) groups is 1. The summed E-state index contributed by atoms with van der Waals surface area (Å²) in [6.45, 7) is 10.9. The average Bonchev–Trinajstić information content (AvgIpc) is 3.23. The van der Waals surface area contributed by atoms with Crippen LogP contribution < -0.4 is 0 Å². The van der Waals surface area contributed by atoms with Gasteiger partial charge in [0.15, 0.2) is 0 Å². The Labute approximate surface area is 197 Å². The second-order valence-corrected chi connectivity index (χ2v) is 12.9. The van der Waals surface area contributed by atoms with Crippen LogP contribution in [0.4, 0.5) is 0 Å². The number of sulfonamides is 1. The summed E-state index contributed by atoms with van der Waals surface area (Å²) in [4.78, 5) is 19.3. The van der Waals surface area contributed by atoms with Crippen LogP contribution in [0.1, 0.15) is 59.3 Å². The summed E-state index contributed by atoms with van der Waals surface area (Å²) in [6, 6.07) is 0. The molecule has 2 heterocycles. The molecule has 6 nitrogen and oxygen atoms in total. The molecule has 3 atom stereocenters. The fourth-order valence-electron chi connectivity index (χ4n) is 5.76. The molecular formula is C24H34ClN3O3S. The van der Waals surface area contributed by atoms with Crippen LogP contribution in [-0.2, 0) is 14.8 Å². The number of nitrogens with zero attached hydrogens (tertiary/aromatic N) is 3. The quantitative estimate of drug-likeness (QED) is 0.417. The molecule has 2 saturated heterocycles. The van der Waals surface area contributed by atoms with Gasteiger partial charge in [0.05, 0.1) is 10.9 Å². The van der Waals surface area contributed by atoms with Crippen molar-refractivity contribution < 1.29 is 13.2 Å². The average molecular weight is 480 g/mol. The van der Waals surface area contributed by atoms with Crippen LogP contribution >= 0.6 is 11.6 Å². The van der Waals surface area contributed by atoms with Gasteiger partial charge < -0.3 is 4.90 Å². The lowest BCUT2D eigenvalue weighted by Crippen LogP contribution is -2.43. The lowest BCUT2D eigenvalue weighted by molar-refractivity contribution is -0.131. The van der Waals surface area contributed by atoms with Crippen LogP contribution in [0.5, 0.6) is 0 Å². The first-order valence-corrected chi connectivity index (χ1v) is 13.5. The van der Waals surface area contributed by atoms with E-state index in [-0.39, 0.29) is 28.9 Å². The molecule has 8 heteroatoms. The summed E-state index contributed by atoms with van der Waals surface area (Å²) in [6.07, 6.45) is 10.3. The molecule has 0 spiro atoms. The van der Waals surface area contributed by atoms with Crippen molar-refractivity contribution >= 4 is 34.2 Å². The number of fused-ring (bicyclic) bond motifs is 1. The molecule has 1 saturated carbocycles. The Kier molecular flexibility index (Phi) is 6.47. The lowest BCUT2D eigenvalue weighted by Gasteiger charge is -2.37. The van der Waals surface area contributed by atoms with Gasteiger partial charge >= 0.3 is 0 Å². The van der Waals surface area contributed by atoms with Gasteiger partial charge in [-0.1, -0.05) is 29.7 Å². The number of carbonyl (C=O) groups excluding carboxylic acids is 1. The van der Waals surface area contributed by atoms with Gasteiger partial charge in [-0.2, -0.15) is 0 Å². The third-order valence-electron chi connectivity index (χ3n) is 8.00. The Balaban J connectivity index is 1.55. The van der Waals surface area contributed by atoms with E-state index in [1.165, 1.54) is 0 Å². The Morgan fingerprint density at radius 2 is 2.03 bits per heavy atom. The third-order valence-corrected chi connectivity index (χ3v) is 10.7. The van der Waals surface area contributed by atoms with Crippen molar-refractivity contribution in [2.24, 2.45) is 22.7 Å². The largest absolute Gasteiger partial charge is 0.305 e. The van der Waals surface area contributed by atoms with Crippen molar-refractivity contribution in [3.63, 3.8) is 0 Å². The number of aliphatic imine (C=N–C) groups is 1. The minimum atomic E-state index is -3.19. The molecule has 0 aromatic carbocycles. The van der Waals surface area contributed by atoms with Crippen LogP contribution in [0.3, 0.4) is 0 Å². The summed E-state index contributed by atoms with van der Waals surface area (Å²) in [5.74, 6) is 0.297. The van der Waals surface area contributed by atoms with E-state index < -0.39 is 15.6 Å². The fraction of sp³-hybridized carbons (Fsp3) is 0.667. The van der Waals surface area contributed by atoms with Crippen LogP contribution in [-0.4, -0.2) is 54.1 Å². The maximum absolute atomic E-state index is 13.4. The van der Waals surface area contributed by atoms with Crippen molar-refractivity contribution in [1.82, 2.24) is 9.21 Å². The number of hydrogen-bond donors (Lipinski definition) is 0. The smallest absolute Gasteiger partial charge is 0.231 e. The molecule has 0 aromatic heterocycles. The Morgan fingerprint density at radius 1 is 1.31 bits per heavy atom. The topological polar surface area (TPSA) is 70.1 Å². The van der Waals surface area contributed by atoms with E-state index in [1.54, 1.807) is 10.5 Å². The molecule has 2 aliphatic carbocycles. The predicted octanol–water partition coefficient (Wildman–Crippen LogP) is 4.45. The van der Waals surface area contributed by atoms with E-state index >= 15 is 0 Å². The zero-order valence-corrected chi connectivity index (χ0v) is 20.8. The molecule has 32 heavy (non-hydrogen) atoms. The third kappa shape index (κ3) is 4.01. The van der Waals surface area contributed by atoms with Crippen LogP contribution in [0.2, 0.25) is 0 Å². The van der Waals surface area contributed by atoms with Gasteiger partial charge in [0.1, 0.15) is 0 Å². The highest BCUT2D eigenvalue weighted by molar-refractivity contribution is 7.89. The predicted molar refractivity (Wildman–Crippen MR) is 129 cm³/mol. The monoisotopic (exact) mass is 479 g/mol. The molecular weight excluding hydrogens is 446 g/mol. The van der Waals surface area contributed by atoms with Gasteiger partial charge in [0.2, 0.25) is 15.9 Å². The number of amides is 1. The lowest BCUT2D eigenvalue weighted by atomic mass is 9.76. The fourth-order valence-corrected chi connectivity index (χ4v) is 8.11. The highest BCUT2D eigenvalue weighted by atomic mass is 35.5. The standard InChI is InChI=1S/C24H34ClN3O3S/c1-16(17-10-11-27(15-17)32(30,31)20-6-5-7-20)12-19(14-26-4)28-23(29)21-9-8-18(25)13-22(21)24(28,2)3/h8,12,14,17,20-22H,4-7,9-11,13,15H2,1-3H3/b16-12+,19-14+. The van der Waals surface area contributed by atoms with Gasteiger partial charge in [-0.15, -0.1) is 0 Å². The molecule has 4 rings (SSSR count). The molecule has 4 aliphatic rings. The molecule has 0 bridgehead atoms. The molecule has 1 amide bonds. The summed E-state index contributed by atoms with van der Waals surface area (Å²) >= 11 is 6.33. The molecule has 0 aromatic rings. The Hall–Kier alpha value is -1.44. The second kappa shape index (κ2) is 8.73. The van der Waals surface area contributed by atoms with Crippen LogP contribution in [0.25, 0.3) is 0 Å². The number of hydrogen-bond acceptors (Lipinski definition) is 4. The molecule has 2 aliphatic heterocycles. The number of rotatable bonds is 6. The highest BCUT2D eigenvalue weighted by Crippen LogP contribution is 2.49. The first kappa shape index (κ1) is 23.7. The summed E-state index contributed by atoms with van der Waals surface area (Å²) < 4.78 is 27.3. The van der Waals surface area contributed by atoms with Crippen LogP contribution in [0, 0.1) is 17.8 Å². The summed E-state index contributed by atoms with van der Waals surface area (Å²) in [5.41, 5.74) is 1.39. The SMILES string of the molecule is C=N/C=C(\C=C(/C)C1CCN(S(=O)(=O)C2CCC2)C1)N1C(=O)C2CC=C(Cl)CC2C1(C)C. The van der Waals surface area contributed by atoms with Gasteiger partial charge in [-0.3, -0.25) is 9.79 Å². The Bertz CT molecular complexity index is 994. The number of allylic oxidation sites excluding steroid dienone is 3. The number of likely N-dealkylation sites (tertiary alicyclic amines) is 1. The molecule has 0 radical (unpaired) electrons. The van der Waals surface area contributed by atoms with Crippen molar-refractivity contribution in [3.8, 4) is 0 Å². The van der Waals surface area contributed by atoms with Crippen molar-refractivity contribution in [1.29, 1.82) is 0 Å². The van der Waals surface area contributed by atoms with Gasteiger partial charge in [0, 0.05) is 35.8 Å². The van der Waals surface area contributed by atoms with E-state index in [2.05, 4.69) is 25.6 Å². The van der Waals surface area contributed by atoms with Crippen molar-refractivity contribution in [2.75, 3.05) is 13.1 Å².